The van der Waals surface area contributed by atoms with Gasteiger partial charge in [-0.2, -0.15) is 5.26 Å². The van der Waals surface area contributed by atoms with E-state index in [4.69, 9.17) is 4.74 Å². The summed E-state index contributed by atoms with van der Waals surface area (Å²) >= 11 is 6.85. The zero-order valence-corrected chi connectivity index (χ0v) is 20.3. The first-order valence-corrected chi connectivity index (χ1v) is 10.8. The summed E-state index contributed by atoms with van der Waals surface area (Å²) in [5.74, 6) is 0.192. The summed E-state index contributed by atoms with van der Waals surface area (Å²) in [6.07, 6.45) is -0.935. The van der Waals surface area contributed by atoms with Crippen LogP contribution in [0.15, 0.2) is 45.9 Å². The number of rotatable bonds is 8. The molecule has 0 radical (unpaired) electrons. The number of benzene rings is 2. The van der Waals surface area contributed by atoms with Gasteiger partial charge in [-0.15, -0.1) is 0 Å². The molecule has 1 unspecified atom stereocenters. The van der Waals surface area contributed by atoms with Crippen molar-refractivity contribution < 1.29 is 24.2 Å². The van der Waals surface area contributed by atoms with Gasteiger partial charge in [0.05, 0.1) is 27.3 Å². The fraction of sp³-hybridized carbons (Fsp3) is 0.190. The molecule has 0 bridgehead atoms. The minimum atomic E-state index is -1.36. The van der Waals surface area contributed by atoms with Gasteiger partial charge >= 0.3 is 6.09 Å². The number of phenols is 1. The van der Waals surface area contributed by atoms with E-state index in [-0.39, 0.29) is 12.4 Å². The number of phenolic OH excluding ortho intramolecular Hbond substituents is 1. The minimum absolute atomic E-state index is 0.0944. The number of allylic oxidation sites excluding steroid dienone is 1. The van der Waals surface area contributed by atoms with Crippen LogP contribution in [0, 0.1) is 11.3 Å². The van der Waals surface area contributed by atoms with Gasteiger partial charge in [0.25, 0.3) is 5.91 Å². The average Bonchev–Trinajstić information content (AvgIpc) is 2.72. The second-order valence-electron chi connectivity index (χ2n) is 6.37. The number of hydrogen-bond acceptors (Lipinski definition) is 8. The summed E-state index contributed by atoms with van der Waals surface area (Å²) in [6.45, 7) is 7.30. The third kappa shape index (κ3) is 6.71. The van der Waals surface area contributed by atoms with Gasteiger partial charge in [0.1, 0.15) is 11.5 Å². The smallest absolute Gasteiger partial charge is 0.413 e. The van der Waals surface area contributed by atoms with Gasteiger partial charge in [-0.1, -0.05) is 6.58 Å². The predicted octanol–water partition coefficient (Wildman–Crippen LogP) is 4.82. The summed E-state index contributed by atoms with van der Waals surface area (Å²) in [6, 6.07) is 8.51. The summed E-state index contributed by atoms with van der Waals surface area (Å²) < 4.78 is 11.7. The Balaban J connectivity index is 2.11. The summed E-state index contributed by atoms with van der Waals surface area (Å²) in [7, 11) is 0. The van der Waals surface area contributed by atoms with Crippen LogP contribution in [0.3, 0.4) is 0 Å². The number of carbonyl (C=O) groups is 2. The molecular weight excluding hydrogens is 548 g/mol. The van der Waals surface area contributed by atoms with Crippen LogP contribution < -0.4 is 20.9 Å². The number of hydrazine groups is 1. The van der Waals surface area contributed by atoms with E-state index in [0.717, 1.165) is 0 Å². The van der Waals surface area contributed by atoms with Gasteiger partial charge in [-0.05, 0) is 81.6 Å². The van der Waals surface area contributed by atoms with Gasteiger partial charge in [-0.3, -0.25) is 10.1 Å². The van der Waals surface area contributed by atoms with E-state index in [2.05, 4.69) is 54.0 Å². The number of nitriles is 1. The molecule has 0 aliphatic heterocycles. The van der Waals surface area contributed by atoms with Crippen LogP contribution in [0.25, 0.3) is 5.57 Å². The third-order valence-electron chi connectivity index (χ3n) is 3.90. The number of aromatic hydroxyl groups is 1. The van der Waals surface area contributed by atoms with Gasteiger partial charge in [0.2, 0.25) is 0 Å². The molecule has 0 fully saturated rings. The topological polar surface area (TPSA) is 133 Å². The molecular formula is C21H20Br2N4O5. The highest BCUT2D eigenvalue weighted by atomic mass is 79.9. The molecule has 4 N–H and O–H groups in total. The number of hydrogen-bond donors (Lipinski definition) is 4. The van der Waals surface area contributed by atoms with Crippen molar-refractivity contribution in [1.29, 1.82) is 5.26 Å². The number of anilines is 1. The number of carbonyl (C=O) groups excluding carboxylic acids is 2. The van der Waals surface area contributed by atoms with Gasteiger partial charge in [-0.25, -0.2) is 10.2 Å². The molecule has 0 saturated heterocycles. The molecule has 9 nitrogen and oxygen atoms in total. The predicted molar refractivity (Wildman–Crippen MR) is 126 cm³/mol. The first-order chi connectivity index (χ1) is 15.2. The van der Waals surface area contributed by atoms with Crippen LogP contribution in [-0.4, -0.2) is 29.8 Å². The van der Waals surface area contributed by atoms with Crippen LogP contribution in [-0.2, 0) is 9.53 Å². The largest absolute Gasteiger partial charge is 0.507 e. The normalized spacial score (nSPS) is 11.1. The van der Waals surface area contributed by atoms with Crippen molar-refractivity contribution >= 4 is 55.1 Å². The Morgan fingerprint density at radius 1 is 1.25 bits per heavy atom. The maximum absolute atomic E-state index is 12.0. The summed E-state index contributed by atoms with van der Waals surface area (Å²) in [5, 5.41) is 21.1. The molecule has 2 aromatic rings. The van der Waals surface area contributed by atoms with E-state index < -0.39 is 18.0 Å². The lowest BCUT2D eigenvalue weighted by atomic mass is 10.1. The molecule has 2 amide bonds. The second-order valence-corrected chi connectivity index (χ2v) is 8.08. The number of halogens is 2. The standard InChI is InChI=1S/C21H20Br2N4O5/c1-4-31-21(30)25-20(29)17(10-24)27-26-12-7-15(22)19(16(23)8-12)32-13-5-6-18(28)14(9-13)11(2)3/h5-9,17,26-28H,2,4H2,1,3H3,(H,25,29,30). The number of amides is 2. The molecule has 1 atom stereocenters. The first kappa shape index (κ1) is 25.2. The van der Waals surface area contributed by atoms with Crippen molar-refractivity contribution in [2.45, 2.75) is 19.9 Å². The Kier molecular flexibility index (Phi) is 9.07. The molecule has 2 rings (SSSR count). The van der Waals surface area contributed by atoms with Crippen molar-refractivity contribution in [1.82, 2.24) is 10.7 Å². The van der Waals surface area contributed by atoms with E-state index in [1.54, 1.807) is 44.2 Å². The summed E-state index contributed by atoms with van der Waals surface area (Å²) in [4.78, 5) is 23.3. The van der Waals surface area contributed by atoms with Crippen LogP contribution in [0.4, 0.5) is 10.5 Å². The fourth-order valence-electron chi connectivity index (χ4n) is 2.42. The number of ether oxygens (including phenoxy) is 2. The van der Waals surface area contributed by atoms with Crippen LogP contribution in [0.5, 0.6) is 17.2 Å². The van der Waals surface area contributed by atoms with E-state index in [1.807, 2.05) is 5.32 Å². The molecule has 0 aliphatic carbocycles. The Morgan fingerprint density at radius 3 is 2.47 bits per heavy atom. The lowest BCUT2D eigenvalue weighted by molar-refractivity contribution is -0.121. The number of nitrogens with one attached hydrogen (secondary N) is 3. The Bertz CT molecular complexity index is 1060. The Labute approximate surface area is 201 Å². The number of alkyl carbamates (subject to hydrolysis) is 1. The molecule has 2 aromatic carbocycles. The fourth-order valence-corrected chi connectivity index (χ4v) is 3.77. The maximum atomic E-state index is 12.0. The Morgan fingerprint density at radius 2 is 1.91 bits per heavy atom. The van der Waals surface area contributed by atoms with Crippen molar-refractivity contribution in [3.63, 3.8) is 0 Å². The zero-order chi connectivity index (χ0) is 23.8. The molecule has 11 heteroatoms. The van der Waals surface area contributed by atoms with Gasteiger partial charge < -0.3 is 20.0 Å². The zero-order valence-electron chi connectivity index (χ0n) is 17.2. The van der Waals surface area contributed by atoms with Crippen molar-refractivity contribution in [2.24, 2.45) is 0 Å². The molecule has 0 saturated carbocycles. The molecule has 0 aliphatic rings. The first-order valence-electron chi connectivity index (χ1n) is 9.20. The monoisotopic (exact) mass is 566 g/mol. The molecule has 168 valence electrons. The molecule has 32 heavy (non-hydrogen) atoms. The quantitative estimate of drug-likeness (QED) is 0.334. The maximum Gasteiger partial charge on any atom is 0.413 e. The number of imide groups is 1. The van der Waals surface area contributed by atoms with Crippen molar-refractivity contribution in [3.8, 4) is 23.3 Å². The summed E-state index contributed by atoms with van der Waals surface area (Å²) in [5.41, 5.74) is 7.03. The molecule has 0 aromatic heterocycles. The van der Waals surface area contributed by atoms with Crippen LogP contribution in [0.1, 0.15) is 19.4 Å². The van der Waals surface area contributed by atoms with Crippen LogP contribution >= 0.6 is 31.9 Å². The lowest BCUT2D eigenvalue weighted by Gasteiger charge is -2.16. The van der Waals surface area contributed by atoms with Crippen LogP contribution in [0.2, 0.25) is 0 Å². The van der Waals surface area contributed by atoms with Crippen molar-refractivity contribution in [2.75, 3.05) is 12.0 Å². The third-order valence-corrected chi connectivity index (χ3v) is 5.08. The van der Waals surface area contributed by atoms with E-state index in [1.165, 1.54) is 6.07 Å². The minimum Gasteiger partial charge on any atom is -0.507 e. The number of nitrogens with zero attached hydrogens (tertiary/aromatic N) is 1. The van der Waals surface area contributed by atoms with E-state index in [0.29, 0.717) is 37.3 Å². The average molecular weight is 568 g/mol. The van der Waals surface area contributed by atoms with Crippen molar-refractivity contribution in [3.05, 3.63) is 51.4 Å². The SMILES string of the molecule is C=C(C)c1cc(Oc2c(Br)cc(NNC(C#N)C(=O)NC(=O)OCC)cc2Br)ccc1O. The highest BCUT2D eigenvalue weighted by molar-refractivity contribution is 9.11. The van der Waals surface area contributed by atoms with Gasteiger partial charge in [0, 0.05) is 5.56 Å². The van der Waals surface area contributed by atoms with E-state index in [9.17, 15) is 20.0 Å². The highest BCUT2D eigenvalue weighted by Crippen LogP contribution is 2.40. The second kappa shape index (κ2) is 11.5. The lowest BCUT2D eigenvalue weighted by Crippen LogP contribution is -2.47. The van der Waals surface area contributed by atoms with E-state index >= 15 is 0 Å². The molecule has 0 spiro atoms. The highest BCUT2D eigenvalue weighted by Gasteiger charge is 2.21. The van der Waals surface area contributed by atoms with Gasteiger partial charge in [0.15, 0.2) is 11.8 Å². The Hall–Kier alpha value is -3.07. The molecule has 0 heterocycles.